The Kier molecular flexibility index (Phi) is 4.31. The van der Waals surface area contributed by atoms with Gasteiger partial charge in [-0.25, -0.2) is 0 Å². The molecule has 3 rings (SSSR count). The first-order valence-electron chi connectivity index (χ1n) is 7.79. The molecule has 107 valence electrons. The zero-order valence-electron chi connectivity index (χ0n) is 13.4. The van der Waals surface area contributed by atoms with E-state index >= 15 is 0 Å². The predicted molar refractivity (Wildman–Crippen MR) is 89.5 cm³/mol. The van der Waals surface area contributed by atoms with Crippen molar-refractivity contribution < 1.29 is 21.4 Å². The van der Waals surface area contributed by atoms with E-state index in [1.54, 1.807) is 5.56 Å². The Morgan fingerprint density at radius 1 is 0.952 bits per heavy atom. The van der Waals surface area contributed by atoms with Crippen LogP contribution >= 0.6 is 0 Å². The van der Waals surface area contributed by atoms with Crippen LogP contribution in [-0.4, -0.2) is 0 Å². The van der Waals surface area contributed by atoms with Crippen molar-refractivity contribution in [3.63, 3.8) is 0 Å². The van der Waals surface area contributed by atoms with Gasteiger partial charge >= 0.3 is 137 Å². The third-order valence-electron chi connectivity index (χ3n) is 4.44. The van der Waals surface area contributed by atoms with Crippen molar-refractivity contribution >= 4 is 6.08 Å². The summed E-state index contributed by atoms with van der Waals surface area (Å²) in [5.41, 5.74) is 7.20. The van der Waals surface area contributed by atoms with E-state index in [0.29, 0.717) is 5.92 Å². The Morgan fingerprint density at radius 3 is 2.29 bits per heavy atom. The van der Waals surface area contributed by atoms with Gasteiger partial charge in [-0.1, -0.05) is 0 Å². The van der Waals surface area contributed by atoms with Crippen molar-refractivity contribution in [2.24, 2.45) is 0 Å². The molecule has 0 aromatic heterocycles. The molecule has 0 fully saturated rings. The number of allylic oxidation sites excluding steroid dienone is 1. The van der Waals surface area contributed by atoms with E-state index in [1.807, 2.05) is 0 Å². The molecule has 1 unspecified atom stereocenters. The summed E-state index contributed by atoms with van der Waals surface area (Å²) in [7, 11) is 0. The van der Waals surface area contributed by atoms with Gasteiger partial charge in [0.15, 0.2) is 0 Å². The molecule has 0 radical (unpaired) electrons. The van der Waals surface area contributed by atoms with Crippen LogP contribution in [0.2, 0.25) is 9.36 Å². The van der Waals surface area contributed by atoms with Crippen molar-refractivity contribution in [2.45, 2.75) is 32.8 Å². The molecule has 0 saturated heterocycles. The van der Waals surface area contributed by atoms with Crippen molar-refractivity contribution in [3.8, 4) is 11.1 Å². The summed E-state index contributed by atoms with van der Waals surface area (Å²) in [5, 5.41) is 0. The van der Waals surface area contributed by atoms with Crippen LogP contribution in [0.4, 0.5) is 0 Å². The van der Waals surface area contributed by atoms with Crippen LogP contribution in [0.15, 0.2) is 48.5 Å². The number of hydrogen-bond donors (Lipinski definition) is 0. The number of rotatable bonds is 3. The SMILES string of the molecule is CC(C)c1ccc(-c2cccc3c2C=C[CH]3[Hf]([CH3])[CH3])cc1. The Morgan fingerprint density at radius 2 is 1.67 bits per heavy atom. The third-order valence-corrected chi connectivity index (χ3v) is 10.7. The molecule has 1 aliphatic carbocycles. The van der Waals surface area contributed by atoms with Gasteiger partial charge in [0.05, 0.1) is 0 Å². The Balaban J connectivity index is 2.03. The maximum absolute atomic E-state index is 2.51. The van der Waals surface area contributed by atoms with Gasteiger partial charge in [-0.15, -0.1) is 0 Å². The molecule has 21 heavy (non-hydrogen) atoms. The van der Waals surface area contributed by atoms with Gasteiger partial charge in [-0.05, 0) is 0 Å². The molecule has 1 atom stereocenters. The first-order valence-corrected chi connectivity index (χ1v) is 17.1. The van der Waals surface area contributed by atoms with Gasteiger partial charge in [0.1, 0.15) is 0 Å². The predicted octanol–water partition coefficient (Wildman–Crippen LogP) is 6.26. The molecule has 0 aliphatic heterocycles. The van der Waals surface area contributed by atoms with Crippen LogP contribution in [0, 0.1) is 0 Å². The van der Waals surface area contributed by atoms with Crippen LogP contribution in [0.3, 0.4) is 0 Å². The van der Waals surface area contributed by atoms with Gasteiger partial charge in [-0.3, -0.25) is 0 Å². The van der Waals surface area contributed by atoms with Crippen LogP contribution in [-0.2, 0) is 21.4 Å². The van der Waals surface area contributed by atoms with Crippen molar-refractivity contribution in [3.05, 3.63) is 65.2 Å². The van der Waals surface area contributed by atoms with E-state index in [0.717, 1.165) is 3.67 Å². The Labute approximate surface area is 136 Å². The van der Waals surface area contributed by atoms with Gasteiger partial charge in [0.25, 0.3) is 0 Å². The summed E-state index contributed by atoms with van der Waals surface area (Å²) in [6.07, 6.45) is 4.82. The quantitative estimate of drug-likeness (QED) is 0.493. The summed E-state index contributed by atoms with van der Waals surface area (Å²) in [5.74, 6) is 0.597. The van der Waals surface area contributed by atoms with E-state index in [9.17, 15) is 0 Å². The second kappa shape index (κ2) is 6.04. The molecular formula is C20H23Hf. The zero-order valence-corrected chi connectivity index (χ0v) is 16.9. The number of benzene rings is 2. The molecule has 1 heteroatoms. The minimum absolute atomic E-state index is 0.597. The van der Waals surface area contributed by atoms with Crippen LogP contribution in [0.1, 0.15) is 40.1 Å². The van der Waals surface area contributed by atoms with Crippen LogP contribution < -0.4 is 0 Å². The second-order valence-corrected chi connectivity index (χ2v) is 16.5. The summed E-state index contributed by atoms with van der Waals surface area (Å²) in [4.78, 5) is 0. The van der Waals surface area contributed by atoms with Gasteiger partial charge in [0.2, 0.25) is 0 Å². The summed E-state index contributed by atoms with van der Waals surface area (Å²) in [6.45, 7) is 4.50. The van der Waals surface area contributed by atoms with Crippen molar-refractivity contribution in [1.82, 2.24) is 0 Å². The first-order chi connectivity index (χ1) is 10.1. The summed E-state index contributed by atoms with van der Waals surface area (Å²) >= 11 is -1.40. The molecule has 0 nitrogen and oxygen atoms in total. The van der Waals surface area contributed by atoms with Crippen molar-refractivity contribution in [2.75, 3.05) is 0 Å². The summed E-state index contributed by atoms with van der Waals surface area (Å²) < 4.78 is 5.80. The molecular weight excluding hydrogens is 419 g/mol. The van der Waals surface area contributed by atoms with E-state index in [-0.39, 0.29) is 0 Å². The molecule has 0 spiro atoms. The number of fused-ring (bicyclic) bond motifs is 1. The van der Waals surface area contributed by atoms with E-state index in [2.05, 4.69) is 77.8 Å². The fourth-order valence-electron chi connectivity index (χ4n) is 3.14. The summed E-state index contributed by atoms with van der Waals surface area (Å²) in [6, 6.07) is 16.0. The zero-order chi connectivity index (χ0) is 15.0. The van der Waals surface area contributed by atoms with Gasteiger partial charge in [0, 0.05) is 0 Å². The average Bonchev–Trinajstić information content (AvgIpc) is 2.91. The van der Waals surface area contributed by atoms with Gasteiger partial charge in [-0.2, -0.15) is 0 Å². The molecule has 0 amide bonds. The fraction of sp³-hybridized carbons (Fsp3) is 0.300. The topological polar surface area (TPSA) is 0 Å². The molecule has 0 N–H and O–H groups in total. The maximum atomic E-state index is 2.51. The molecule has 0 bridgehead atoms. The second-order valence-electron chi connectivity index (χ2n) is 6.50. The van der Waals surface area contributed by atoms with Crippen LogP contribution in [0.25, 0.3) is 17.2 Å². The van der Waals surface area contributed by atoms with E-state index in [4.69, 9.17) is 0 Å². The molecule has 1 aliphatic rings. The van der Waals surface area contributed by atoms with Crippen molar-refractivity contribution in [1.29, 1.82) is 0 Å². The monoisotopic (exact) mass is 443 g/mol. The van der Waals surface area contributed by atoms with E-state index in [1.165, 1.54) is 22.3 Å². The normalized spacial score (nSPS) is 16.3. The average molecular weight is 442 g/mol. The minimum atomic E-state index is -1.40. The molecule has 0 heterocycles. The molecule has 2 aromatic carbocycles. The Hall–Kier alpha value is -0.950. The van der Waals surface area contributed by atoms with Crippen LogP contribution in [0.5, 0.6) is 0 Å². The molecule has 2 aromatic rings. The molecule has 0 saturated carbocycles. The number of hydrogen-bond acceptors (Lipinski definition) is 0. The van der Waals surface area contributed by atoms with E-state index < -0.39 is 21.4 Å². The standard InChI is InChI=1S/C18H17.2CH3.Hf/c1-13(2)14-9-11-16(12-10-14)18-8-4-6-15-5-3-7-17(15)18;;;/h3-13H,1-2H3;2*1H3;. The fourth-order valence-corrected chi connectivity index (χ4v) is 8.01. The van der Waals surface area contributed by atoms with Gasteiger partial charge < -0.3 is 0 Å². The third kappa shape index (κ3) is 2.85. The Bertz CT molecular complexity index is 663. The first kappa shape index (κ1) is 15.0.